The number of hydrogen-bond donors (Lipinski definition) is 7. The molecule has 4 aliphatic carbocycles. The molecule has 0 spiro atoms. The molecule has 1 saturated heterocycles. The van der Waals surface area contributed by atoms with E-state index < -0.39 is 67.0 Å². The maximum Gasteiger partial charge on any atom is 0.336 e. The summed E-state index contributed by atoms with van der Waals surface area (Å²) in [6.07, 6.45) is -2.08. The summed E-state index contributed by atoms with van der Waals surface area (Å²) in [5, 5.41) is 72.9. The Hall–Kier alpha value is -1.41. The highest BCUT2D eigenvalue weighted by molar-refractivity contribution is 5.90. The van der Waals surface area contributed by atoms with Crippen molar-refractivity contribution < 1.29 is 54.8 Å². The molecule has 2 aliphatic heterocycles. The molecule has 16 atom stereocenters. The second kappa shape index (κ2) is 12.2. The molecule has 45 heavy (non-hydrogen) atoms. The highest BCUT2D eigenvalue weighted by atomic mass is 16.7. The monoisotopic (exact) mass is 636 g/mol. The van der Waals surface area contributed by atoms with E-state index in [1.54, 1.807) is 0 Å². The third kappa shape index (κ3) is 5.34. The zero-order chi connectivity index (χ0) is 32.6. The van der Waals surface area contributed by atoms with E-state index in [4.69, 9.17) is 14.2 Å². The van der Waals surface area contributed by atoms with Crippen LogP contribution in [0.15, 0.2) is 22.8 Å². The molecule has 11 heteroatoms. The first kappa shape index (κ1) is 33.5. The van der Waals surface area contributed by atoms with E-state index in [1.165, 1.54) is 0 Å². The number of aliphatic hydroxyl groups is 7. The zero-order valence-electron chi connectivity index (χ0n) is 26.8. The van der Waals surface area contributed by atoms with Gasteiger partial charge in [0.15, 0.2) is 6.29 Å². The van der Waals surface area contributed by atoms with Gasteiger partial charge >= 0.3 is 5.97 Å². The van der Waals surface area contributed by atoms with Crippen LogP contribution in [0.3, 0.4) is 0 Å². The van der Waals surface area contributed by atoms with Crippen LogP contribution in [0.4, 0.5) is 0 Å². The van der Waals surface area contributed by atoms with E-state index in [2.05, 4.69) is 20.8 Å². The van der Waals surface area contributed by atoms with Crippen LogP contribution in [-0.2, 0) is 19.0 Å². The highest BCUT2D eigenvalue weighted by Crippen LogP contribution is 2.67. The SMILES string of the molecule is CC1=C(CO[C@@H]2O[C@H](CO)[C@@H](O)[C@H](O)[C@H]2O)C(=O)O[C@@H]([C@@H](C)[C@H]2CC[C@H]3[C@@H]4[C@H](O)C=C5C[C@@H](O)C[C@H](O)[C@]5(C)[C@H]4CC[C@]23C)C1. The van der Waals surface area contributed by atoms with Gasteiger partial charge in [-0.25, -0.2) is 4.79 Å². The maximum absolute atomic E-state index is 13.3. The third-order valence-electron chi connectivity index (χ3n) is 13.3. The van der Waals surface area contributed by atoms with Crippen LogP contribution in [-0.4, -0.2) is 110 Å². The van der Waals surface area contributed by atoms with Crippen LogP contribution in [0.25, 0.3) is 0 Å². The van der Waals surface area contributed by atoms with Gasteiger partial charge in [0, 0.05) is 18.3 Å². The van der Waals surface area contributed by atoms with E-state index in [0.29, 0.717) is 24.8 Å². The zero-order valence-corrected chi connectivity index (χ0v) is 26.8. The van der Waals surface area contributed by atoms with Gasteiger partial charge in [-0.1, -0.05) is 38.0 Å². The molecule has 0 aromatic carbocycles. The van der Waals surface area contributed by atoms with E-state index in [9.17, 15) is 40.5 Å². The van der Waals surface area contributed by atoms with Crippen molar-refractivity contribution in [2.24, 2.45) is 40.4 Å². The number of cyclic esters (lactones) is 1. The van der Waals surface area contributed by atoms with E-state index in [1.807, 2.05) is 13.0 Å². The number of aliphatic hydroxyl groups excluding tert-OH is 7. The molecular weight excluding hydrogens is 584 g/mol. The second-order valence-corrected chi connectivity index (χ2v) is 15.4. The van der Waals surface area contributed by atoms with Gasteiger partial charge in [-0.2, -0.15) is 0 Å². The minimum Gasteiger partial charge on any atom is -0.458 e. The summed E-state index contributed by atoms with van der Waals surface area (Å²) in [5.74, 6) is 0.300. The molecular formula is C34H52O11. The maximum atomic E-state index is 13.3. The highest BCUT2D eigenvalue weighted by Gasteiger charge is 2.63. The largest absolute Gasteiger partial charge is 0.458 e. The average molecular weight is 637 g/mol. The minimum atomic E-state index is -1.57. The van der Waals surface area contributed by atoms with Crippen molar-refractivity contribution in [3.8, 4) is 0 Å². The molecule has 0 bridgehead atoms. The minimum absolute atomic E-state index is 0.0290. The quantitative estimate of drug-likeness (QED) is 0.163. The topological polar surface area (TPSA) is 186 Å². The number of carbonyl (C=O) groups is 1. The average Bonchev–Trinajstić information content (AvgIpc) is 3.34. The number of esters is 1. The van der Waals surface area contributed by atoms with Crippen molar-refractivity contribution in [2.45, 2.75) is 128 Å². The lowest BCUT2D eigenvalue weighted by molar-refractivity contribution is -0.299. The van der Waals surface area contributed by atoms with Crippen LogP contribution in [0.1, 0.15) is 72.6 Å². The molecule has 0 radical (unpaired) electrons. The van der Waals surface area contributed by atoms with Gasteiger partial charge in [0.25, 0.3) is 0 Å². The van der Waals surface area contributed by atoms with Crippen LogP contribution < -0.4 is 0 Å². The second-order valence-electron chi connectivity index (χ2n) is 15.4. The summed E-state index contributed by atoms with van der Waals surface area (Å²) in [7, 11) is 0. The van der Waals surface area contributed by atoms with Crippen LogP contribution >= 0.6 is 0 Å². The van der Waals surface area contributed by atoms with Gasteiger partial charge in [0.1, 0.15) is 30.5 Å². The summed E-state index contributed by atoms with van der Waals surface area (Å²) < 4.78 is 17.1. The molecule has 11 nitrogen and oxygen atoms in total. The molecule has 0 unspecified atom stereocenters. The van der Waals surface area contributed by atoms with Gasteiger partial charge in [-0.15, -0.1) is 0 Å². The van der Waals surface area contributed by atoms with Crippen LogP contribution in [0.5, 0.6) is 0 Å². The Labute approximate surface area is 264 Å². The molecule has 6 rings (SSSR count). The molecule has 0 aromatic heterocycles. The first-order valence-corrected chi connectivity index (χ1v) is 16.8. The van der Waals surface area contributed by atoms with Crippen molar-refractivity contribution in [3.05, 3.63) is 22.8 Å². The number of carbonyl (C=O) groups excluding carboxylic acids is 1. The Morgan fingerprint density at radius 1 is 1.00 bits per heavy atom. The number of ether oxygens (including phenoxy) is 3. The van der Waals surface area contributed by atoms with Gasteiger partial charge in [0.2, 0.25) is 0 Å². The Morgan fingerprint density at radius 3 is 2.42 bits per heavy atom. The molecule has 4 fully saturated rings. The van der Waals surface area contributed by atoms with E-state index in [-0.39, 0.29) is 47.7 Å². The van der Waals surface area contributed by atoms with Gasteiger partial charge in [-0.3, -0.25) is 0 Å². The van der Waals surface area contributed by atoms with Crippen molar-refractivity contribution in [1.82, 2.24) is 0 Å². The van der Waals surface area contributed by atoms with Crippen molar-refractivity contribution >= 4 is 5.97 Å². The van der Waals surface area contributed by atoms with Crippen molar-refractivity contribution in [2.75, 3.05) is 13.2 Å². The first-order chi connectivity index (χ1) is 21.2. The standard InChI is InChI=1S/C34H52O11/c1-15-9-24(44-31(42)19(15)14-43-32-30(41)29(40)28(39)25(13-35)45-32)16(2)20-5-6-21-27-22(7-8-33(20,21)3)34(4)17(11-23(27)37)10-18(36)12-26(34)38/h11,16,18,20-30,32,35-41H,5-10,12-14H2,1-4H3/t16-,18+,20+,21-,22-,23+,24+,25+,26-,27-,28+,29-,30+,32+,33+,34-/m0/s1. The normalized spacial score (nSPS) is 50.7. The number of fused-ring (bicyclic) bond motifs is 5. The Kier molecular flexibility index (Phi) is 9.11. The predicted molar refractivity (Wildman–Crippen MR) is 160 cm³/mol. The fourth-order valence-electron chi connectivity index (χ4n) is 10.6. The summed E-state index contributed by atoms with van der Waals surface area (Å²) >= 11 is 0. The molecule has 3 saturated carbocycles. The first-order valence-electron chi connectivity index (χ1n) is 16.8. The molecule has 2 heterocycles. The fourth-order valence-corrected chi connectivity index (χ4v) is 10.6. The summed E-state index contributed by atoms with van der Waals surface area (Å²) in [4.78, 5) is 13.3. The Morgan fingerprint density at radius 2 is 1.73 bits per heavy atom. The predicted octanol–water partition coefficient (Wildman–Crippen LogP) is 0.953. The van der Waals surface area contributed by atoms with E-state index in [0.717, 1.165) is 36.8 Å². The lowest BCUT2D eigenvalue weighted by Gasteiger charge is -2.60. The van der Waals surface area contributed by atoms with Crippen molar-refractivity contribution in [1.29, 1.82) is 0 Å². The van der Waals surface area contributed by atoms with Crippen LogP contribution in [0, 0.1) is 40.4 Å². The number of rotatable bonds is 6. The Balaban J connectivity index is 1.14. The molecule has 0 aromatic rings. The molecule has 6 aliphatic rings. The van der Waals surface area contributed by atoms with Crippen molar-refractivity contribution in [3.63, 3.8) is 0 Å². The summed E-state index contributed by atoms with van der Waals surface area (Å²) in [6.45, 7) is 7.71. The van der Waals surface area contributed by atoms with E-state index >= 15 is 0 Å². The molecule has 254 valence electrons. The Bertz CT molecular complexity index is 1200. The van der Waals surface area contributed by atoms with Crippen LogP contribution in [0.2, 0.25) is 0 Å². The fraction of sp³-hybridized carbons (Fsp3) is 0.853. The smallest absolute Gasteiger partial charge is 0.336 e. The van der Waals surface area contributed by atoms with Gasteiger partial charge in [0.05, 0.1) is 37.1 Å². The van der Waals surface area contributed by atoms with Gasteiger partial charge < -0.3 is 50.0 Å². The molecule has 0 amide bonds. The number of hydrogen-bond acceptors (Lipinski definition) is 11. The lowest BCUT2D eigenvalue weighted by atomic mass is 9.45. The van der Waals surface area contributed by atoms with Gasteiger partial charge in [-0.05, 0) is 74.0 Å². The summed E-state index contributed by atoms with van der Waals surface area (Å²) in [6, 6.07) is 0. The molecule has 7 N–H and O–H groups in total. The third-order valence-corrected chi connectivity index (χ3v) is 13.3. The summed E-state index contributed by atoms with van der Waals surface area (Å²) in [5.41, 5.74) is 1.64. The lowest BCUT2D eigenvalue weighted by Crippen LogP contribution is -2.59.